The van der Waals surface area contributed by atoms with Gasteiger partial charge in [-0.25, -0.2) is 0 Å². The van der Waals surface area contributed by atoms with Crippen molar-refractivity contribution in [2.45, 2.75) is 52.7 Å². The zero-order chi connectivity index (χ0) is 13.8. The Kier molecular flexibility index (Phi) is 5.63. The van der Waals surface area contributed by atoms with E-state index < -0.39 is 5.60 Å². The molecular weight excluding hydrogens is 252 g/mol. The van der Waals surface area contributed by atoms with Crippen LogP contribution in [0.2, 0.25) is 5.02 Å². The molecule has 0 saturated carbocycles. The summed E-state index contributed by atoms with van der Waals surface area (Å²) in [5.74, 6) is 0. The third-order valence-electron chi connectivity index (χ3n) is 2.86. The van der Waals surface area contributed by atoms with Gasteiger partial charge < -0.3 is 9.84 Å². The van der Waals surface area contributed by atoms with Crippen molar-refractivity contribution in [2.24, 2.45) is 0 Å². The molecule has 1 aromatic rings. The van der Waals surface area contributed by atoms with E-state index in [0.717, 1.165) is 24.4 Å². The monoisotopic (exact) mass is 274 g/mol. The minimum absolute atomic E-state index is 0.302. The molecule has 0 saturated heterocycles. The Morgan fingerprint density at radius 2 is 2.06 bits per heavy atom. The Morgan fingerprint density at radius 3 is 2.56 bits per heavy atom. The van der Waals surface area contributed by atoms with E-state index in [-0.39, 0.29) is 0 Å². The van der Waals surface area contributed by atoms with E-state index >= 15 is 0 Å². The summed E-state index contributed by atoms with van der Waals surface area (Å²) in [7, 11) is 0. The molecule has 0 spiro atoms. The first kappa shape index (κ1) is 15.5. The van der Waals surface area contributed by atoms with Crippen LogP contribution >= 0.6 is 11.6 Å². The van der Waals surface area contributed by atoms with E-state index in [0.29, 0.717) is 24.7 Å². The van der Waals surface area contributed by atoms with E-state index in [9.17, 15) is 5.11 Å². The van der Waals surface area contributed by atoms with Crippen LogP contribution in [0.15, 0.2) is 0 Å². The van der Waals surface area contributed by atoms with Gasteiger partial charge in [-0.05, 0) is 27.2 Å². The molecule has 4 nitrogen and oxygen atoms in total. The summed E-state index contributed by atoms with van der Waals surface area (Å²) in [5.41, 5.74) is 0.860. The third kappa shape index (κ3) is 3.70. The van der Waals surface area contributed by atoms with Crippen LogP contribution in [-0.2, 0) is 24.1 Å². The molecule has 1 N–H and O–H groups in total. The molecule has 5 heteroatoms. The van der Waals surface area contributed by atoms with E-state index in [1.807, 2.05) is 25.5 Å². The van der Waals surface area contributed by atoms with Crippen LogP contribution in [0.25, 0.3) is 0 Å². The second kappa shape index (κ2) is 6.55. The highest BCUT2D eigenvalue weighted by Gasteiger charge is 2.26. The molecule has 0 aliphatic carbocycles. The van der Waals surface area contributed by atoms with Crippen LogP contribution < -0.4 is 0 Å². The maximum Gasteiger partial charge on any atom is 0.0907 e. The molecule has 0 aliphatic rings. The lowest BCUT2D eigenvalue weighted by Gasteiger charge is -2.23. The van der Waals surface area contributed by atoms with E-state index in [1.54, 1.807) is 6.92 Å². The molecule has 1 aromatic heterocycles. The van der Waals surface area contributed by atoms with Gasteiger partial charge in [-0.1, -0.05) is 18.5 Å². The van der Waals surface area contributed by atoms with Crippen LogP contribution in [0.3, 0.4) is 0 Å². The number of hydrogen-bond donors (Lipinski definition) is 1. The van der Waals surface area contributed by atoms with Gasteiger partial charge in [0.1, 0.15) is 0 Å². The molecule has 0 radical (unpaired) electrons. The molecule has 0 aliphatic heterocycles. The number of rotatable bonds is 7. The van der Waals surface area contributed by atoms with Crippen molar-refractivity contribution in [1.82, 2.24) is 9.78 Å². The largest absolute Gasteiger partial charge is 0.387 e. The number of hydrogen-bond acceptors (Lipinski definition) is 3. The number of halogens is 1. The van der Waals surface area contributed by atoms with Gasteiger partial charge >= 0.3 is 0 Å². The van der Waals surface area contributed by atoms with Gasteiger partial charge in [0, 0.05) is 19.6 Å². The fraction of sp³-hybridized carbons (Fsp3) is 0.769. The highest BCUT2D eigenvalue weighted by atomic mass is 35.5. The second-order valence-corrected chi connectivity index (χ2v) is 5.07. The Balaban J connectivity index is 2.91. The van der Waals surface area contributed by atoms with Gasteiger partial charge in [0.15, 0.2) is 0 Å². The standard InChI is InChI=1S/C13H23ClN2O2/c1-5-10-12(14)11(16(6-2)15-10)8-13(4,17)9-18-7-3/h17H,5-9H2,1-4H3. The van der Waals surface area contributed by atoms with Crippen molar-refractivity contribution in [3.63, 3.8) is 0 Å². The molecular formula is C13H23ClN2O2. The third-order valence-corrected chi connectivity index (χ3v) is 3.30. The van der Waals surface area contributed by atoms with Crippen LogP contribution in [0.1, 0.15) is 39.1 Å². The Hall–Kier alpha value is -0.580. The first-order chi connectivity index (χ1) is 8.45. The van der Waals surface area contributed by atoms with Crippen molar-refractivity contribution in [1.29, 1.82) is 0 Å². The Bertz CT molecular complexity index is 389. The molecule has 0 aromatic carbocycles. The summed E-state index contributed by atoms with van der Waals surface area (Å²) in [5, 5.41) is 15.4. The quantitative estimate of drug-likeness (QED) is 0.831. The van der Waals surface area contributed by atoms with E-state index in [2.05, 4.69) is 5.10 Å². The second-order valence-electron chi connectivity index (χ2n) is 4.69. The average molecular weight is 275 g/mol. The van der Waals surface area contributed by atoms with Crippen molar-refractivity contribution < 1.29 is 9.84 Å². The molecule has 0 fully saturated rings. The zero-order valence-corrected chi connectivity index (χ0v) is 12.4. The molecule has 1 heterocycles. The van der Waals surface area contributed by atoms with Crippen molar-refractivity contribution in [2.75, 3.05) is 13.2 Å². The van der Waals surface area contributed by atoms with Gasteiger partial charge in [-0.2, -0.15) is 5.10 Å². The molecule has 1 atom stereocenters. The highest BCUT2D eigenvalue weighted by molar-refractivity contribution is 6.31. The number of aromatic nitrogens is 2. The van der Waals surface area contributed by atoms with Crippen LogP contribution in [-0.4, -0.2) is 33.7 Å². The summed E-state index contributed by atoms with van der Waals surface area (Å²) in [6, 6.07) is 0. The minimum atomic E-state index is -0.919. The molecule has 18 heavy (non-hydrogen) atoms. The fourth-order valence-electron chi connectivity index (χ4n) is 1.92. The van der Waals surface area contributed by atoms with Crippen LogP contribution in [0.5, 0.6) is 0 Å². The van der Waals surface area contributed by atoms with Crippen molar-refractivity contribution >= 4 is 11.6 Å². The van der Waals surface area contributed by atoms with Gasteiger partial charge in [-0.3, -0.25) is 4.68 Å². The SMILES string of the molecule is CCOCC(C)(O)Cc1c(Cl)c(CC)nn1CC. The number of aliphatic hydroxyl groups is 1. The molecule has 1 unspecified atom stereocenters. The predicted molar refractivity (Wildman–Crippen MR) is 73.1 cm³/mol. The normalized spacial score (nSPS) is 14.8. The molecule has 0 bridgehead atoms. The Labute approximate surface area is 114 Å². The average Bonchev–Trinajstić information content (AvgIpc) is 2.63. The van der Waals surface area contributed by atoms with Crippen molar-refractivity contribution in [3.05, 3.63) is 16.4 Å². The van der Waals surface area contributed by atoms with E-state index in [4.69, 9.17) is 16.3 Å². The molecule has 104 valence electrons. The lowest BCUT2D eigenvalue weighted by molar-refractivity contribution is -0.0307. The summed E-state index contributed by atoms with van der Waals surface area (Å²) in [6.07, 6.45) is 1.25. The lowest BCUT2D eigenvalue weighted by atomic mass is 10.0. The Morgan fingerprint density at radius 1 is 1.39 bits per heavy atom. The first-order valence-electron chi connectivity index (χ1n) is 6.49. The van der Waals surface area contributed by atoms with E-state index in [1.165, 1.54) is 0 Å². The maximum absolute atomic E-state index is 10.3. The maximum atomic E-state index is 10.3. The topological polar surface area (TPSA) is 47.3 Å². The minimum Gasteiger partial charge on any atom is -0.387 e. The summed E-state index contributed by atoms with van der Waals surface area (Å²) >= 11 is 6.31. The predicted octanol–water partition coefficient (Wildman–Crippen LogP) is 2.45. The molecule has 0 amide bonds. The molecule has 1 rings (SSSR count). The van der Waals surface area contributed by atoms with Gasteiger partial charge in [0.05, 0.1) is 28.6 Å². The first-order valence-corrected chi connectivity index (χ1v) is 6.87. The summed E-state index contributed by atoms with van der Waals surface area (Å²) < 4.78 is 7.16. The zero-order valence-electron chi connectivity index (χ0n) is 11.7. The number of aryl methyl sites for hydroxylation is 2. The highest BCUT2D eigenvalue weighted by Crippen LogP contribution is 2.25. The summed E-state index contributed by atoms with van der Waals surface area (Å²) in [6.45, 7) is 9.36. The lowest BCUT2D eigenvalue weighted by Crippen LogP contribution is -2.34. The fourth-order valence-corrected chi connectivity index (χ4v) is 2.26. The van der Waals surface area contributed by atoms with Crippen molar-refractivity contribution in [3.8, 4) is 0 Å². The van der Waals surface area contributed by atoms with Crippen LogP contribution in [0, 0.1) is 0 Å². The van der Waals surface area contributed by atoms with Gasteiger partial charge in [0.25, 0.3) is 0 Å². The van der Waals surface area contributed by atoms with Crippen LogP contribution in [0.4, 0.5) is 0 Å². The number of nitrogens with zero attached hydrogens (tertiary/aromatic N) is 2. The number of ether oxygens (including phenoxy) is 1. The van der Waals surface area contributed by atoms with Gasteiger partial charge in [0.2, 0.25) is 0 Å². The smallest absolute Gasteiger partial charge is 0.0907 e. The summed E-state index contributed by atoms with van der Waals surface area (Å²) in [4.78, 5) is 0. The van der Waals surface area contributed by atoms with Gasteiger partial charge in [-0.15, -0.1) is 0 Å².